The minimum absolute atomic E-state index is 0.337. The van der Waals surface area contributed by atoms with Crippen LogP contribution in [0.25, 0.3) is 28.9 Å². The van der Waals surface area contributed by atoms with Gasteiger partial charge in [0.15, 0.2) is 0 Å². The minimum Gasteiger partial charge on any atom is -0.0640 e. The summed E-state index contributed by atoms with van der Waals surface area (Å²) in [4.78, 5) is 0. The van der Waals surface area contributed by atoms with Gasteiger partial charge in [-0.2, -0.15) is 0 Å². The third-order valence-electron chi connectivity index (χ3n) is 7.13. The van der Waals surface area contributed by atoms with Gasteiger partial charge in [-0.25, -0.2) is 0 Å². The average Bonchev–Trinajstić information content (AvgIpc) is 3.42. The lowest BCUT2D eigenvalue weighted by Gasteiger charge is -2.42. The minimum atomic E-state index is -0.337. The molecule has 4 aliphatic carbocycles. The molecule has 0 radical (unpaired) electrons. The van der Waals surface area contributed by atoms with Gasteiger partial charge in [-0.1, -0.05) is 113 Å². The highest BCUT2D eigenvalue weighted by Crippen LogP contribution is 2.64. The normalized spacial score (nSPS) is 21.9. The second-order valence-corrected chi connectivity index (χ2v) is 9.54. The molecule has 32 heavy (non-hydrogen) atoms. The molecule has 3 aromatic rings. The maximum Gasteiger partial charge on any atom is 0.0654 e. The first kappa shape index (κ1) is 18.2. The number of hydrogen-bond acceptors (Lipinski definition) is 0. The Morgan fingerprint density at radius 1 is 0.594 bits per heavy atom. The first-order valence-electron chi connectivity index (χ1n) is 11.0. The Morgan fingerprint density at radius 3 is 2.06 bits per heavy atom. The number of benzene rings is 3. The van der Waals surface area contributed by atoms with E-state index in [4.69, 9.17) is 0 Å². The summed E-state index contributed by atoms with van der Waals surface area (Å²) in [5.41, 5.74) is 12.8. The molecule has 1 atom stereocenters. The van der Waals surface area contributed by atoms with E-state index in [-0.39, 0.29) is 5.41 Å². The van der Waals surface area contributed by atoms with Crippen LogP contribution in [0.15, 0.2) is 119 Å². The van der Waals surface area contributed by atoms with Gasteiger partial charge in [0, 0.05) is 10.1 Å². The highest BCUT2D eigenvalue weighted by molar-refractivity contribution is 9.12. The summed E-state index contributed by atoms with van der Waals surface area (Å²) in [7, 11) is 0. The summed E-state index contributed by atoms with van der Waals surface area (Å²) in [5.74, 6) is 0. The maximum absolute atomic E-state index is 3.89. The van der Waals surface area contributed by atoms with Crippen LogP contribution < -0.4 is 0 Å². The molecule has 1 unspecified atom stereocenters. The SMILES string of the molecule is BrC1=C2C(=Cc3ccccc32)C2(C=C1)C1=Cc3ccccc3C1=CC=C2c1ccccc1. The average molecular weight is 471 g/mol. The van der Waals surface area contributed by atoms with Crippen molar-refractivity contribution in [2.75, 3.05) is 0 Å². The first-order valence-corrected chi connectivity index (χ1v) is 11.8. The maximum atomic E-state index is 3.89. The monoisotopic (exact) mass is 470 g/mol. The van der Waals surface area contributed by atoms with E-state index in [9.17, 15) is 0 Å². The Kier molecular flexibility index (Phi) is 3.72. The Balaban J connectivity index is 1.56. The van der Waals surface area contributed by atoms with Crippen LogP contribution in [0, 0.1) is 5.41 Å². The summed E-state index contributed by atoms with van der Waals surface area (Å²) in [5, 5.41) is 0. The largest absolute Gasteiger partial charge is 0.0654 e. The molecular weight excluding hydrogens is 452 g/mol. The molecule has 7 rings (SSSR count). The van der Waals surface area contributed by atoms with Crippen molar-refractivity contribution >= 4 is 44.8 Å². The molecule has 0 N–H and O–H groups in total. The van der Waals surface area contributed by atoms with Crippen LogP contribution >= 0.6 is 15.9 Å². The Bertz CT molecular complexity index is 1500. The quantitative estimate of drug-likeness (QED) is 0.335. The van der Waals surface area contributed by atoms with Crippen LogP contribution in [-0.4, -0.2) is 0 Å². The number of halogens is 1. The van der Waals surface area contributed by atoms with Gasteiger partial charge in [-0.15, -0.1) is 0 Å². The van der Waals surface area contributed by atoms with Gasteiger partial charge < -0.3 is 0 Å². The van der Waals surface area contributed by atoms with E-state index in [1.54, 1.807) is 0 Å². The second kappa shape index (κ2) is 6.54. The molecule has 0 bridgehead atoms. The number of rotatable bonds is 1. The van der Waals surface area contributed by atoms with Crippen LogP contribution in [0.2, 0.25) is 0 Å². The van der Waals surface area contributed by atoms with E-state index >= 15 is 0 Å². The van der Waals surface area contributed by atoms with Crippen LogP contribution in [0.1, 0.15) is 27.8 Å². The van der Waals surface area contributed by atoms with E-state index in [2.05, 4.69) is 131 Å². The zero-order valence-electron chi connectivity index (χ0n) is 17.3. The van der Waals surface area contributed by atoms with Gasteiger partial charge in [0.2, 0.25) is 0 Å². The molecule has 0 saturated carbocycles. The third kappa shape index (κ3) is 2.27. The fraction of sp³-hybridized carbons (Fsp3) is 0.0323. The predicted octanol–water partition coefficient (Wildman–Crippen LogP) is 8.32. The summed E-state index contributed by atoms with van der Waals surface area (Å²) in [6.07, 6.45) is 14.1. The highest BCUT2D eigenvalue weighted by Gasteiger charge is 2.49. The van der Waals surface area contributed by atoms with Gasteiger partial charge in [-0.05, 0) is 68.3 Å². The van der Waals surface area contributed by atoms with Gasteiger partial charge in [0.25, 0.3) is 0 Å². The molecule has 0 fully saturated rings. The lowest BCUT2D eigenvalue weighted by atomic mass is 9.60. The Hall–Kier alpha value is -3.42. The molecule has 3 aromatic carbocycles. The molecular formula is C31H19Br. The van der Waals surface area contributed by atoms with Crippen LogP contribution in [0.4, 0.5) is 0 Å². The zero-order valence-corrected chi connectivity index (χ0v) is 18.9. The molecule has 0 nitrogen and oxygen atoms in total. The predicted molar refractivity (Wildman–Crippen MR) is 139 cm³/mol. The van der Waals surface area contributed by atoms with E-state index in [0.29, 0.717) is 0 Å². The fourth-order valence-corrected chi connectivity index (χ4v) is 6.33. The van der Waals surface area contributed by atoms with E-state index < -0.39 is 0 Å². The molecule has 1 spiro atoms. The molecule has 0 amide bonds. The molecule has 0 aliphatic heterocycles. The Labute approximate surface area is 196 Å². The molecule has 0 heterocycles. The topological polar surface area (TPSA) is 0 Å². The highest BCUT2D eigenvalue weighted by atomic mass is 79.9. The van der Waals surface area contributed by atoms with Gasteiger partial charge in [0.05, 0.1) is 5.41 Å². The summed E-state index contributed by atoms with van der Waals surface area (Å²) >= 11 is 3.89. The van der Waals surface area contributed by atoms with Crippen LogP contribution in [0.3, 0.4) is 0 Å². The standard InChI is InChI=1S/C31H19Br/c32-29-16-17-31(28-19-22-11-5-7-13-24(22)30(28)29)26(20-8-2-1-3-9-20)15-14-25-23-12-6-4-10-21(23)18-27(25)31/h1-19H. The van der Waals surface area contributed by atoms with Crippen molar-refractivity contribution in [2.45, 2.75) is 0 Å². The zero-order chi connectivity index (χ0) is 21.3. The van der Waals surface area contributed by atoms with E-state index in [0.717, 1.165) is 4.48 Å². The summed E-state index contributed by atoms with van der Waals surface area (Å²) < 4.78 is 1.15. The van der Waals surface area contributed by atoms with Crippen molar-refractivity contribution < 1.29 is 0 Å². The second-order valence-electron chi connectivity index (χ2n) is 8.68. The van der Waals surface area contributed by atoms with Crippen molar-refractivity contribution in [2.24, 2.45) is 5.41 Å². The van der Waals surface area contributed by atoms with Crippen molar-refractivity contribution in [1.29, 1.82) is 0 Å². The van der Waals surface area contributed by atoms with Crippen LogP contribution in [0.5, 0.6) is 0 Å². The summed E-state index contributed by atoms with van der Waals surface area (Å²) in [6.45, 7) is 0. The van der Waals surface area contributed by atoms with Crippen LogP contribution in [-0.2, 0) is 0 Å². The number of hydrogen-bond donors (Lipinski definition) is 0. The summed E-state index contributed by atoms with van der Waals surface area (Å²) in [6, 6.07) is 28.3. The van der Waals surface area contributed by atoms with Gasteiger partial charge in [-0.3, -0.25) is 0 Å². The van der Waals surface area contributed by atoms with Gasteiger partial charge >= 0.3 is 0 Å². The molecule has 150 valence electrons. The number of allylic oxidation sites excluding steroid dienone is 10. The van der Waals surface area contributed by atoms with E-state index in [1.165, 1.54) is 55.7 Å². The van der Waals surface area contributed by atoms with Crippen molar-refractivity contribution in [3.8, 4) is 0 Å². The molecule has 0 aromatic heterocycles. The van der Waals surface area contributed by atoms with Crippen molar-refractivity contribution in [1.82, 2.24) is 0 Å². The van der Waals surface area contributed by atoms with Crippen molar-refractivity contribution in [3.63, 3.8) is 0 Å². The lowest BCUT2D eigenvalue weighted by Crippen LogP contribution is -2.29. The Morgan fingerprint density at radius 2 is 1.25 bits per heavy atom. The molecule has 4 aliphatic rings. The first-order chi connectivity index (χ1) is 15.8. The molecule has 0 saturated heterocycles. The van der Waals surface area contributed by atoms with Gasteiger partial charge in [0.1, 0.15) is 0 Å². The molecule has 1 heteroatoms. The van der Waals surface area contributed by atoms with Crippen molar-refractivity contribution in [3.05, 3.63) is 147 Å². The third-order valence-corrected chi connectivity index (χ3v) is 7.80. The lowest BCUT2D eigenvalue weighted by molar-refractivity contribution is 0.778. The number of fused-ring (bicyclic) bond motifs is 8. The smallest absolute Gasteiger partial charge is 0.0640 e. The van der Waals surface area contributed by atoms with E-state index in [1.807, 2.05) is 0 Å². The fourth-order valence-electron chi connectivity index (χ4n) is 5.77.